The third kappa shape index (κ3) is 3.22. The number of carbonyl (C=O) groups excluding carboxylic acids is 1. The lowest BCUT2D eigenvalue weighted by molar-refractivity contribution is 0.00578. The Balaban J connectivity index is 1.55. The maximum absolute atomic E-state index is 13.1. The molecule has 0 amide bonds. The second kappa shape index (κ2) is 6.67. The van der Waals surface area contributed by atoms with E-state index in [9.17, 15) is 17.6 Å². The van der Waals surface area contributed by atoms with E-state index in [0.29, 0.717) is 24.2 Å². The van der Waals surface area contributed by atoms with Crippen molar-refractivity contribution in [3.05, 3.63) is 58.9 Å². The zero-order valence-electron chi connectivity index (χ0n) is 15.9. The standard InChI is InChI=1S/C21H22FNO4S/c1-14-11-15(2)20-18(24)13-21(27-19(20)12-14)7-9-23(10-8-21)28(25,26)17-5-3-16(22)4-6-17/h3-6,11-12H,7-10,13H2,1-2H3. The highest BCUT2D eigenvalue weighted by Gasteiger charge is 2.45. The van der Waals surface area contributed by atoms with Crippen LogP contribution in [0.1, 0.15) is 40.7 Å². The van der Waals surface area contributed by atoms with E-state index in [1.165, 1.54) is 16.4 Å². The van der Waals surface area contributed by atoms with Crippen LogP contribution in [0.3, 0.4) is 0 Å². The first-order valence-corrected chi connectivity index (χ1v) is 10.7. The monoisotopic (exact) mass is 403 g/mol. The van der Waals surface area contributed by atoms with E-state index in [-0.39, 0.29) is 30.2 Å². The summed E-state index contributed by atoms with van der Waals surface area (Å²) in [6, 6.07) is 8.68. The summed E-state index contributed by atoms with van der Waals surface area (Å²) in [4.78, 5) is 12.8. The lowest BCUT2D eigenvalue weighted by Crippen LogP contribution is -2.52. The highest BCUT2D eigenvalue weighted by atomic mass is 32.2. The van der Waals surface area contributed by atoms with E-state index in [2.05, 4.69) is 0 Å². The van der Waals surface area contributed by atoms with E-state index in [0.717, 1.165) is 23.3 Å². The van der Waals surface area contributed by atoms with Crippen LogP contribution in [0.5, 0.6) is 5.75 Å². The third-order valence-electron chi connectivity index (χ3n) is 5.62. The van der Waals surface area contributed by atoms with Crippen LogP contribution in [-0.2, 0) is 10.0 Å². The normalized spacial score (nSPS) is 19.3. The van der Waals surface area contributed by atoms with Gasteiger partial charge in [0.25, 0.3) is 0 Å². The average molecular weight is 403 g/mol. The van der Waals surface area contributed by atoms with E-state index in [1.807, 2.05) is 26.0 Å². The minimum Gasteiger partial charge on any atom is -0.486 e. The molecule has 2 aliphatic rings. The molecule has 0 aromatic heterocycles. The molecule has 2 aliphatic heterocycles. The molecule has 2 aromatic rings. The molecular weight excluding hydrogens is 381 g/mol. The lowest BCUT2D eigenvalue weighted by atomic mass is 9.82. The quantitative estimate of drug-likeness (QED) is 0.768. The number of benzene rings is 2. The summed E-state index contributed by atoms with van der Waals surface area (Å²) in [5, 5.41) is 0. The fraction of sp³-hybridized carbons (Fsp3) is 0.381. The zero-order valence-corrected chi connectivity index (χ0v) is 16.7. The predicted octanol–water partition coefficient (Wildman–Crippen LogP) is 3.63. The summed E-state index contributed by atoms with van der Waals surface area (Å²) in [6.07, 6.45) is 1.13. The zero-order chi connectivity index (χ0) is 20.1. The topological polar surface area (TPSA) is 63.7 Å². The van der Waals surface area contributed by atoms with Gasteiger partial charge >= 0.3 is 0 Å². The van der Waals surface area contributed by atoms with Crippen LogP contribution in [0, 0.1) is 19.7 Å². The van der Waals surface area contributed by atoms with Crippen LogP contribution in [0.4, 0.5) is 4.39 Å². The van der Waals surface area contributed by atoms with Crippen molar-refractivity contribution in [3.8, 4) is 5.75 Å². The number of Topliss-reactive ketones (excluding diaryl/α,β-unsaturated/α-hetero) is 1. The number of rotatable bonds is 2. The van der Waals surface area contributed by atoms with Gasteiger partial charge in [-0.15, -0.1) is 0 Å². The van der Waals surface area contributed by atoms with Crippen LogP contribution in [-0.4, -0.2) is 37.2 Å². The molecule has 1 saturated heterocycles. The van der Waals surface area contributed by atoms with Gasteiger partial charge in [-0.05, 0) is 55.3 Å². The summed E-state index contributed by atoms with van der Waals surface area (Å²) in [6.45, 7) is 4.38. The van der Waals surface area contributed by atoms with Gasteiger partial charge in [0.15, 0.2) is 5.78 Å². The predicted molar refractivity (Wildman–Crippen MR) is 103 cm³/mol. The van der Waals surface area contributed by atoms with Gasteiger partial charge in [-0.1, -0.05) is 6.07 Å². The number of carbonyl (C=O) groups is 1. The Morgan fingerprint density at radius 3 is 2.36 bits per heavy atom. The number of hydrogen-bond donors (Lipinski definition) is 0. The molecule has 2 heterocycles. The van der Waals surface area contributed by atoms with Crippen molar-refractivity contribution in [1.82, 2.24) is 4.31 Å². The number of piperidine rings is 1. The van der Waals surface area contributed by atoms with Gasteiger partial charge in [-0.3, -0.25) is 4.79 Å². The molecule has 148 valence electrons. The van der Waals surface area contributed by atoms with E-state index in [1.54, 1.807) is 0 Å². The van der Waals surface area contributed by atoms with Crippen LogP contribution in [0.25, 0.3) is 0 Å². The van der Waals surface area contributed by atoms with Crippen LogP contribution >= 0.6 is 0 Å². The first-order valence-electron chi connectivity index (χ1n) is 9.29. The summed E-state index contributed by atoms with van der Waals surface area (Å²) in [5.41, 5.74) is 1.90. The van der Waals surface area contributed by atoms with Gasteiger partial charge in [-0.25, -0.2) is 12.8 Å². The summed E-state index contributed by atoms with van der Waals surface area (Å²) in [5.74, 6) is 0.173. The van der Waals surface area contributed by atoms with Crippen molar-refractivity contribution in [2.24, 2.45) is 0 Å². The Bertz CT molecular complexity index is 1040. The Hall–Kier alpha value is -2.25. The van der Waals surface area contributed by atoms with Crippen molar-refractivity contribution >= 4 is 15.8 Å². The van der Waals surface area contributed by atoms with Crippen LogP contribution in [0.2, 0.25) is 0 Å². The molecule has 7 heteroatoms. The molecule has 0 atom stereocenters. The molecule has 4 rings (SSSR count). The Morgan fingerprint density at radius 2 is 1.71 bits per heavy atom. The molecular formula is C21H22FNO4S. The SMILES string of the molecule is Cc1cc(C)c2c(c1)OC1(CCN(S(=O)(=O)c3ccc(F)cc3)CC1)CC2=O. The number of nitrogens with zero attached hydrogens (tertiary/aromatic N) is 1. The lowest BCUT2D eigenvalue weighted by Gasteiger charge is -2.43. The molecule has 28 heavy (non-hydrogen) atoms. The fourth-order valence-corrected chi connectivity index (χ4v) is 5.63. The van der Waals surface area contributed by atoms with E-state index >= 15 is 0 Å². The summed E-state index contributed by atoms with van der Waals surface area (Å²) < 4.78 is 46.4. The maximum atomic E-state index is 13.1. The van der Waals surface area contributed by atoms with Gasteiger partial charge in [0.05, 0.1) is 16.9 Å². The first-order chi connectivity index (χ1) is 13.2. The molecule has 0 aliphatic carbocycles. The fourth-order valence-electron chi connectivity index (χ4n) is 4.19. The molecule has 0 bridgehead atoms. The molecule has 5 nitrogen and oxygen atoms in total. The third-order valence-corrected chi connectivity index (χ3v) is 7.53. The molecule has 2 aromatic carbocycles. The Morgan fingerprint density at radius 1 is 1.07 bits per heavy atom. The van der Waals surface area contributed by atoms with Crippen molar-refractivity contribution in [2.45, 2.75) is 43.6 Å². The molecule has 1 fully saturated rings. The summed E-state index contributed by atoms with van der Waals surface area (Å²) >= 11 is 0. The number of halogens is 1. The van der Waals surface area contributed by atoms with Gasteiger partial charge in [0.1, 0.15) is 17.2 Å². The Kier molecular flexibility index (Phi) is 4.55. The average Bonchev–Trinajstić information content (AvgIpc) is 2.61. The number of hydrogen-bond acceptors (Lipinski definition) is 4. The van der Waals surface area contributed by atoms with Gasteiger partial charge < -0.3 is 4.74 Å². The van der Waals surface area contributed by atoms with Crippen molar-refractivity contribution < 1.29 is 22.3 Å². The van der Waals surface area contributed by atoms with Crippen molar-refractivity contribution in [3.63, 3.8) is 0 Å². The van der Waals surface area contributed by atoms with Gasteiger partial charge in [0.2, 0.25) is 10.0 Å². The molecule has 0 saturated carbocycles. The first kappa shape index (κ1) is 19.1. The highest BCUT2D eigenvalue weighted by molar-refractivity contribution is 7.89. The molecule has 0 radical (unpaired) electrons. The Labute approximate surface area is 164 Å². The summed E-state index contributed by atoms with van der Waals surface area (Å²) in [7, 11) is -3.70. The highest BCUT2D eigenvalue weighted by Crippen LogP contribution is 2.41. The minimum absolute atomic E-state index is 0.0496. The van der Waals surface area contributed by atoms with Crippen LogP contribution < -0.4 is 4.74 Å². The minimum atomic E-state index is -3.70. The number of ether oxygens (including phenoxy) is 1. The smallest absolute Gasteiger partial charge is 0.243 e. The number of ketones is 1. The van der Waals surface area contributed by atoms with Gasteiger partial charge in [0, 0.05) is 25.9 Å². The van der Waals surface area contributed by atoms with Gasteiger partial charge in [-0.2, -0.15) is 4.31 Å². The number of sulfonamides is 1. The molecule has 1 spiro atoms. The van der Waals surface area contributed by atoms with Crippen LogP contribution in [0.15, 0.2) is 41.3 Å². The molecule has 0 unspecified atom stereocenters. The van der Waals surface area contributed by atoms with Crippen molar-refractivity contribution in [2.75, 3.05) is 13.1 Å². The number of fused-ring (bicyclic) bond motifs is 1. The van der Waals surface area contributed by atoms with Crippen molar-refractivity contribution in [1.29, 1.82) is 0 Å². The second-order valence-electron chi connectivity index (χ2n) is 7.70. The van der Waals surface area contributed by atoms with E-state index in [4.69, 9.17) is 4.74 Å². The number of aryl methyl sites for hydroxylation is 2. The molecule has 0 N–H and O–H groups in total. The second-order valence-corrected chi connectivity index (χ2v) is 9.64. The largest absolute Gasteiger partial charge is 0.486 e. The van der Waals surface area contributed by atoms with E-state index < -0.39 is 21.4 Å². The maximum Gasteiger partial charge on any atom is 0.243 e.